The number of imide groups is 1. The van der Waals surface area contributed by atoms with E-state index in [9.17, 15) is 24.6 Å². The molecule has 2 aromatic carbocycles. The van der Waals surface area contributed by atoms with Crippen molar-refractivity contribution in [1.29, 1.82) is 0 Å². The molecule has 1 aliphatic rings. The number of phenols is 2. The summed E-state index contributed by atoms with van der Waals surface area (Å²) >= 11 is 0.839. The van der Waals surface area contributed by atoms with Crippen molar-refractivity contribution in [1.82, 2.24) is 10.6 Å². The fourth-order valence-electron chi connectivity index (χ4n) is 2.45. The molecule has 0 saturated carbocycles. The Balaban J connectivity index is 1.56. The third kappa shape index (κ3) is 4.68. The highest BCUT2D eigenvalue weighted by atomic mass is 32.2. The van der Waals surface area contributed by atoms with Crippen molar-refractivity contribution >= 4 is 34.9 Å². The summed E-state index contributed by atoms with van der Waals surface area (Å²) in [6.45, 7) is 0.369. The molecule has 1 fully saturated rings. The summed E-state index contributed by atoms with van der Waals surface area (Å²) in [7, 11) is 0. The molecule has 1 saturated heterocycles. The Bertz CT molecular complexity index is 938. The minimum absolute atomic E-state index is 0.185. The summed E-state index contributed by atoms with van der Waals surface area (Å²) in [5.74, 6) is -1.05. The second-order valence-corrected chi connectivity index (χ2v) is 6.82. The molecule has 2 aromatic rings. The van der Waals surface area contributed by atoms with Crippen LogP contribution in [0.5, 0.6) is 11.5 Å². The van der Waals surface area contributed by atoms with E-state index in [-0.39, 0.29) is 17.4 Å². The summed E-state index contributed by atoms with van der Waals surface area (Å²) in [4.78, 5) is 35.2. The van der Waals surface area contributed by atoms with Gasteiger partial charge in [0.05, 0.1) is 4.91 Å². The highest BCUT2D eigenvalue weighted by Gasteiger charge is 2.24. The van der Waals surface area contributed by atoms with Gasteiger partial charge in [-0.1, -0.05) is 18.2 Å². The quantitative estimate of drug-likeness (QED) is 0.465. The van der Waals surface area contributed by atoms with E-state index in [2.05, 4.69) is 10.6 Å². The lowest BCUT2D eigenvalue weighted by Gasteiger charge is -2.07. The van der Waals surface area contributed by atoms with Crippen LogP contribution in [0.1, 0.15) is 21.5 Å². The van der Waals surface area contributed by atoms with E-state index < -0.39 is 11.1 Å². The molecular weight excluding hydrogens is 368 g/mol. The van der Waals surface area contributed by atoms with Crippen LogP contribution in [0, 0.1) is 0 Å². The van der Waals surface area contributed by atoms with Crippen LogP contribution in [0.25, 0.3) is 6.08 Å². The molecule has 3 rings (SSSR count). The minimum atomic E-state index is -0.424. The standard InChI is InChI=1S/C19H16N2O5S/c22-14-6-3-12(9-15(14)23)7-8-20-17(24)13-4-1-11(2-5-13)10-16-18(25)21-19(26)27-16/h1-6,9-10,22-23H,7-8H2,(H,20,24)(H,21,25,26). The van der Waals surface area contributed by atoms with Crippen molar-refractivity contribution < 1.29 is 24.6 Å². The second-order valence-electron chi connectivity index (χ2n) is 5.80. The highest BCUT2D eigenvalue weighted by Crippen LogP contribution is 2.26. The molecule has 27 heavy (non-hydrogen) atoms. The van der Waals surface area contributed by atoms with Gasteiger partial charge in [0.15, 0.2) is 11.5 Å². The zero-order valence-corrected chi connectivity index (χ0v) is 14.9. The Morgan fingerprint density at radius 1 is 1.07 bits per heavy atom. The third-order valence-electron chi connectivity index (χ3n) is 3.85. The van der Waals surface area contributed by atoms with Crippen molar-refractivity contribution in [2.24, 2.45) is 0 Å². The second kappa shape index (κ2) is 7.96. The van der Waals surface area contributed by atoms with E-state index in [1.54, 1.807) is 36.4 Å². The summed E-state index contributed by atoms with van der Waals surface area (Å²) in [5.41, 5.74) is 1.96. The first-order chi connectivity index (χ1) is 12.9. The lowest BCUT2D eigenvalue weighted by atomic mass is 10.1. The normalized spacial score (nSPS) is 15.0. The van der Waals surface area contributed by atoms with Crippen LogP contribution in [0.3, 0.4) is 0 Å². The van der Waals surface area contributed by atoms with E-state index in [0.29, 0.717) is 29.0 Å². The average Bonchev–Trinajstić information content (AvgIpc) is 2.95. The summed E-state index contributed by atoms with van der Waals surface area (Å²) < 4.78 is 0. The maximum atomic E-state index is 12.2. The third-order valence-corrected chi connectivity index (χ3v) is 4.66. The predicted octanol–water partition coefficient (Wildman–Crippen LogP) is 2.39. The number of carbonyl (C=O) groups excluding carboxylic acids is 3. The SMILES string of the molecule is O=C1NC(=O)C(=Cc2ccc(C(=O)NCCc3ccc(O)c(O)c3)cc2)S1. The Labute approximate surface area is 159 Å². The number of hydrogen-bond donors (Lipinski definition) is 4. The first-order valence-electron chi connectivity index (χ1n) is 8.06. The Hall–Kier alpha value is -3.26. The molecule has 3 amide bonds. The number of aromatic hydroxyl groups is 2. The van der Waals surface area contributed by atoms with Gasteiger partial charge in [-0.15, -0.1) is 0 Å². The van der Waals surface area contributed by atoms with Crippen LogP contribution in [-0.2, 0) is 11.2 Å². The maximum Gasteiger partial charge on any atom is 0.290 e. The number of nitrogens with one attached hydrogen (secondary N) is 2. The van der Waals surface area contributed by atoms with Crippen molar-refractivity contribution in [2.75, 3.05) is 6.54 Å². The fourth-order valence-corrected chi connectivity index (χ4v) is 3.13. The van der Waals surface area contributed by atoms with Crippen LogP contribution >= 0.6 is 11.8 Å². The molecule has 1 heterocycles. The molecule has 0 atom stereocenters. The molecule has 0 spiro atoms. The van der Waals surface area contributed by atoms with Gasteiger partial charge in [-0.05, 0) is 59.7 Å². The van der Waals surface area contributed by atoms with Gasteiger partial charge in [-0.2, -0.15) is 0 Å². The van der Waals surface area contributed by atoms with E-state index in [1.807, 2.05) is 0 Å². The lowest BCUT2D eigenvalue weighted by molar-refractivity contribution is -0.115. The molecule has 138 valence electrons. The van der Waals surface area contributed by atoms with Crippen LogP contribution in [-0.4, -0.2) is 33.8 Å². The summed E-state index contributed by atoms with van der Waals surface area (Å²) in [6, 6.07) is 11.2. The average molecular weight is 384 g/mol. The largest absolute Gasteiger partial charge is 0.504 e. The van der Waals surface area contributed by atoms with Crippen molar-refractivity contribution in [3.05, 3.63) is 64.1 Å². The maximum absolute atomic E-state index is 12.2. The Morgan fingerprint density at radius 2 is 1.81 bits per heavy atom. The van der Waals surface area contributed by atoms with Crippen LogP contribution in [0.15, 0.2) is 47.4 Å². The van der Waals surface area contributed by atoms with Gasteiger partial charge in [0.2, 0.25) is 0 Å². The zero-order chi connectivity index (χ0) is 19.4. The molecule has 0 unspecified atom stereocenters. The number of thioether (sulfide) groups is 1. The lowest BCUT2D eigenvalue weighted by Crippen LogP contribution is -2.25. The van der Waals surface area contributed by atoms with Gasteiger partial charge in [0, 0.05) is 12.1 Å². The molecule has 0 bridgehead atoms. The van der Waals surface area contributed by atoms with E-state index in [0.717, 1.165) is 17.3 Å². The van der Waals surface area contributed by atoms with E-state index in [1.165, 1.54) is 12.1 Å². The number of carbonyl (C=O) groups is 3. The Morgan fingerprint density at radius 3 is 2.44 bits per heavy atom. The molecule has 7 nitrogen and oxygen atoms in total. The van der Waals surface area contributed by atoms with Crippen LogP contribution < -0.4 is 10.6 Å². The smallest absolute Gasteiger partial charge is 0.290 e. The molecule has 4 N–H and O–H groups in total. The Kier molecular flexibility index (Phi) is 5.46. The molecular formula is C19H16N2O5S. The zero-order valence-electron chi connectivity index (χ0n) is 14.1. The molecule has 0 aromatic heterocycles. The van der Waals surface area contributed by atoms with E-state index in [4.69, 9.17) is 0 Å². The van der Waals surface area contributed by atoms with Crippen LogP contribution in [0.4, 0.5) is 4.79 Å². The molecule has 8 heteroatoms. The van der Waals surface area contributed by atoms with E-state index >= 15 is 0 Å². The molecule has 1 aliphatic heterocycles. The predicted molar refractivity (Wildman–Crippen MR) is 101 cm³/mol. The summed E-state index contributed by atoms with van der Waals surface area (Å²) in [5, 5.41) is 23.3. The minimum Gasteiger partial charge on any atom is -0.504 e. The molecule has 0 aliphatic carbocycles. The van der Waals surface area contributed by atoms with Gasteiger partial charge in [-0.25, -0.2) is 0 Å². The van der Waals surface area contributed by atoms with Crippen molar-refractivity contribution in [2.45, 2.75) is 6.42 Å². The van der Waals surface area contributed by atoms with Gasteiger partial charge in [-0.3, -0.25) is 19.7 Å². The number of benzene rings is 2. The van der Waals surface area contributed by atoms with Gasteiger partial charge in [0.1, 0.15) is 0 Å². The summed E-state index contributed by atoms with van der Waals surface area (Å²) in [6.07, 6.45) is 2.09. The number of hydrogen-bond acceptors (Lipinski definition) is 6. The van der Waals surface area contributed by atoms with Gasteiger partial charge in [0.25, 0.3) is 17.1 Å². The van der Waals surface area contributed by atoms with Gasteiger partial charge < -0.3 is 15.5 Å². The molecule has 0 radical (unpaired) electrons. The number of rotatable bonds is 5. The first-order valence-corrected chi connectivity index (χ1v) is 8.88. The van der Waals surface area contributed by atoms with Crippen molar-refractivity contribution in [3.63, 3.8) is 0 Å². The van der Waals surface area contributed by atoms with Crippen LogP contribution in [0.2, 0.25) is 0 Å². The number of phenolic OH excluding ortho intramolecular Hbond substituents is 2. The van der Waals surface area contributed by atoms with Gasteiger partial charge >= 0.3 is 0 Å². The fraction of sp³-hybridized carbons (Fsp3) is 0.105. The highest BCUT2D eigenvalue weighted by molar-refractivity contribution is 8.18. The number of amides is 3. The monoisotopic (exact) mass is 384 g/mol. The van der Waals surface area contributed by atoms with Crippen molar-refractivity contribution in [3.8, 4) is 11.5 Å². The first kappa shape index (κ1) is 18.5. The topological polar surface area (TPSA) is 116 Å².